The monoisotopic (exact) mass is 943 g/mol. The third-order valence-electron chi connectivity index (χ3n) is 11.6. The maximum Gasteiger partial charge on any atom is 0.268 e. The molecule has 0 bridgehead atoms. The number of hydrogen-bond acceptors (Lipinski definition) is 6. The molecule has 0 aliphatic carbocycles. The van der Waals surface area contributed by atoms with Gasteiger partial charge in [-0.1, -0.05) is 227 Å². The van der Waals surface area contributed by atoms with Crippen molar-refractivity contribution in [1.29, 1.82) is 0 Å². The van der Waals surface area contributed by atoms with Crippen molar-refractivity contribution in [3.05, 3.63) is 85.1 Å². The smallest absolute Gasteiger partial charge is 0.268 e. The number of likely N-dealkylation sites (N-methyl/N-ethyl adjacent to an activating group) is 1. The molecule has 3 atom stereocenters. The van der Waals surface area contributed by atoms with Crippen LogP contribution in [-0.4, -0.2) is 68.5 Å². The highest BCUT2D eigenvalue weighted by atomic mass is 31.2. The first-order valence-corrected chi connectivity index (χ1v) is 28.4. The normalized spacial score (nSPS) is 14.7. The molecule has 0 aromatic rings. The first-order chi connectivity index (χ1) is 32.0. The lowest BCUT2D eigenvalue weighted by molar-refractivity contribution is -0.870. The fraction of sp³-hybridized carbons (Fsp3) is 0.737. The molecule has 0 rings (SSSR count). The van der Waals surface area contributed by atoms with Gasteiger partial charge in [0, 0.05) is 6.42 Å². The molecule has 66 heavy (non-hydrogen) atoms. The van der Waals surface area contributed by atoms with Gasteiger partial charge in [-0.2, -0.15) is 0 Å². The fourth-order valence-electron chi connectivity index (χ4n) is 7.38. The van der Waals surface area contributed by atoms with Crippen LogP contribution in [0.15, 0.2) is 85.1 Å². The van der Waals surface area contributed by atoms with Crippen molar-refractivity contribution in [3.63, 3.8) is 0 Å². The first-order valence-electron chi connectivity index (χ1n) is 26.9. The Kier molecular flexibility index (Phi) is 46.1. The molecular formula is C57H103N2O6P. The average Bonchev–Trinajstić information content (AvgIpc) is 3.28. The van der Waals surface area contributed by atoms with E-state index in [0.29, 0.717) is 17.4 Å². The summed E-state index contributed by atoms with van der Waals surface area (Å²) in [6.07, 6.45) is 66.8. The van der Waals surface area contributed by atoms with Crippen LogP contribution in [0.2, 0.25) is 0 Å². The number of rotatable bonds is 48. The van der Waals surface area contributed by atoms with Gasteiger partial charge in [-0.15, -0.1) is 0 Å². The number of amides is 1. The highest BCUT2D eigenvalue weighted by molar-refractivity contribution is 7.45. The molecule has 0 radical (unpaired) electrons. The number of quaternary nitrogens is 1. The lowest BCUT2D eigenvalue weighted by Crippen LogP contribution is -2.45. The molecule has 0 spiro atoms. The van der Waals surface area contributed by atoms with E-state index < -0.39 is 26.6 Å². The van der Waals surface area contributed by atoms with Gasteiger partial charge in [-0.25, -0.2) is 0 Å². The van der Waals surface area contributed by atoms with Crippen LogP contribution < -0.4 is 10.2 Å². The third kappa shape index (κ3) is 49.6. The summed E-state index contributed by atoms with van der Waals surface area (Å²) in [5.74, 6) is -0.266. The van der Waals surface area contributed by atoms with Crippen LogP contribution in [0, 0.1) is 0 Å². The van der Waals surface area contributed by atoms with Crippen molar-refractivity contribution in [3.8, 4) is 0 Å². The summed E-state index contributed by atoms with van der Waals surface area (Å²) in [6, 6.07) is -0.939. The Morgan fingerprint density at radius 1 is 0.545 bits per heavy atom. The molecule has 382 valence electrons. The fourth-order valence-corrected chi connectivity index (χ4v) is 8.10. The second-order valence-corrected chi connectivity index (χ2v) is 20.6. The first kappa shape index (κ1) is 63.7. The predicted octanol–water partition coefficient (Wildman–Crippen LogP) is 15.5. The zero-order valence-electron chi connectivity index (χ0n) is 43.4. The number of nitrogens with zero attached hydrogens (tertiary/aromatic N) is 1. The Balaban J connectivity index is 4.35. The molecule has 8 nitrogen and oxygen atoms in total. The van der Waals surface area contributed by atoms with E-state index in [4.69, 9.17) is 9.05 Å². The van der Waals surface area contributed by atoms with Gasteiger partial charge in [0.2, 0.25) is 5.91 Å². The van der Waals surface area contributed by atoms with Crippen LogP contribution in [0.4, 0.5) is 0 Å². The van der Waals surface area contributed by atoms with Crippen molar-refractivity contribution in [2.75, 3.05) is 40.9 Å². The van der Waals surface area contributed by atoms with Gasteiger partial charge in [0.05, 0.1) is 39.9 Å². The summed E-state index contributed by atoms with van der Waals surface area (Å²) < 4.78 is 23.2. The molecule has 9 heteroatoms. The number of aliphatic hydroxyl groups is 1. The van der Waals surface area contributed by atoms with Crippen molar-refractivity contribution in [2.45, 2.75) is 231 Å². The third-order valence-corrected chi connectivity index (χ3v) is 12.6. The van der Waals surface area contributed by atoms with Crippen LogP contribution >= 0.6 is 7.82 Å². The van der Waals surface area contributed by atoms with Crippen molar-refractivity contribution < 1.29 is 32.9 Å². The molecule has 0 saturated heterocycles. The molecule has 0 aliphatic rings. The van der Waals surface area contributed by atoms with E-state index >= 15 is 0 Å². The van der Waals surface area contributed by atoms with Crippen LogP contribution in [-0.2, 0) is 18.4 Å². The van der Waals surface area contributed by atoms with Crippen molar-refractivity contribution in [1.82, 2.24) is 5.32 Å². The summed E-state index contributed by atoms with van der Waals surface area (Å²) in [6.45, 7) is 4.47. The summed E-state index contributed by atoms with van der Waals surface area (Å²) >= 11 is 0. The minimum atomic E-state index is -4.62. The largest absolute Gasteiger partial charge is 0.756 e. The molecule has 0 aromatic carbocycles. The van der Waals surface area contributed by atoms with Crippen LogP contribution in [0.3, 0.4) is 0 Å². The van der Waals surface area contributed by atoms with Gasteiger partial charge in [-0.05, 0) is 70.6 Å². The number of phosphoric ester groups is 1. The van der Waals surface area contributed by atoms with Crippen LogP contribution in [0.1, 0.15) is 219 Å². The van der Waals surface area contributed by atoms with E-state index in [1.165, 1.54) is 135 Å². The minimum absolute atomic E-state index is 0.0211. The molecule has 2 N–H and O–H groups in total. The predicted molar refractivity (Wildman–Crippen MR) is 283 cm³/mol. The number of hydrogen-bond donors (Lipinski definition) is 2. The van der Waals surface area contributed by atoms with Crippen LogP contribution in [0.5, 0.6) is 0 Å². The summed E-state index contributed by atoms with van der Waals surface area (Å²) in [4.78, 5) is 25.4. The molecule has 3 unspecified atom stereocenters. The molecule has 0 saturated carbocycles. The second-order valence-electron chi connectivity index (χ2n) is 19.2. The van der Waals surface area contributed by atoms with Gasteiger partial charge in [0.25, 0.3) is 7.82 Å². The Labute approximate surface area is 407 Å². The topological polar surface area (TPSA) is 108 Å². The van der Waals surface area contributed by atoms with E-state index in [-0.39, 0.29) is 18.9 Å². The summed E-state index contributed by atoms with van der Waals surface area (Å²) in [5, 5.41) is 13.8. The lowest BCUT2D eigenvalue weighted by atomic mass is 10.0. The molecule has 0 aliphatic heterocycles. The second kappa shape index (κ2) is 47.7. The number of phosphoric acid groups is 1. The van der Waals surface area contributed by atoms with E-state index in [2.05, 4.69) is 92.1 Å². The number of carbonyl (C=O) groups excluding carboxylic acids is 1. The van der Waals surface area contributed by atoms with Gasteiger partial charge in [0.15, 0.2) is 0 Å². The van der Waals surface area contributed by atoms with Crippen LogP contribution in [0.25, 0.3) is 0 Å². The van der Waals surface area contributed by atoms with E-state index in [9.17, 15) is 19.4 Å². The van der Waals surface area contributed by atoms with E-state index in [1.807, 2.05) is 27.2 Å². The highest BCUT2D eigenvalue weighted by Crippen LogP contribution is 2.38. The Morgan fingerprint density at radius 3 is 1.41 bits per heavy atom. The molecular weight excluding hydrogens is 840 g/mol. The number of unbranched alkanes of at least 4 members (excludes halogenated alkanes) is 23. The highest BCUT2D eigenvalue weighted by Gasteiger charge is 2.23. The Morgan fingerprint density at radius 2 is 0.939 bits per heavy atom. The quantitative estimate of drug-likeness (QED) is 0.0272. The minimum Gasteiger partial charge on any atom is -0.756 e. The van der Waals surface area contributed by atoms with Crippen molar-refractivity contribution in [2.24, 2.45) is 0 Å². The summed E-state index contributed by atoms with van der Waals surface area (Å²) in [7, 11) is 1.20. The standard InChI is InChI=1S/C57H103N2O6P/c1-6-8-10-12-14-16-18-20-22-24-25-26-27-28-29-30-31-32-33-35-36-38-40-42-44-46-48-50-56(60)55(54-65-66(62,63)64-53-52-59(3,4)5)58-57(61)51-49-47-45-43-41-39-37-34-23-21-19-17-15-13-11-9-7-2/h9,11,15,17,21,23,37,39-40,42-43,45,48,50,55-56,60H,6-8,10,12-14,16,18-20,22,24-36,38,41,44,46-47,49,51-54H2,1-5H3,(H-,58,61,62,63)/b11-9-,17-15-,23-21-,39-37-,42-40+,45-43-,50-48+. The Bertz CT molecular complexity index is 1350. The van der Waals surface area contributed by atoms with Crippen molar-refractivity contribution >= 4 is 13.7 Å². The average molecular weight is 943 g/mol. The summed E-state index contributed by atoms with van der Waals surface area (Å²) in [5.41, 5.74) is 0. The molecule has 0 aromatic heterocycles. The lowest BCUT2D eigenvalue weighted by Gasteiger charge is -2.29. The Hall–Kier alpha value is -2.32. The SMILES string of the molecule is CC/C=C\C/C=C\C/C=C\C/C=C\C/C=C\CCCC(=O)NC(COP(=O)([O-])OCC[N+](C)(C)C)C(O)/C=C/CC/C=C/CCCCCCCCCCCCCCCCCCCCCCC. The molecule has 1 amide bonds. The van der Waals surface area contributed by atoms with E-state index in [1.54, 1.807) is 6.08 Å². The number of carbonyl (C=O) groups is 1. The number of allylic oxidation sites excluding steroid dienone is 13. The van der Waals surface area contributed by atoms with Gasteiger partial charge in [-0.3, -0.25) is 9.36 Å². The zero-order chi connectivity index (χ0) is 48.5. The molecule has 0 fully saturated rings. The van der Waals surface area contributed by atoms with Gasteiger partial charge < -0.3 is 28.8 Å². The van der Waals surface area contributed by atoms with Gasteiger partial charge >= 0.3 is 0 Å². The van der Waals surface area contributed by atoms with Gasteiger partial charge in [0.1, 0.15) is 13.2 Å². The molecule has 0 heterocycles. The number of nitrogens with one attached hydrogen (secondary N) is 1. The zero-order valence-corrected chi connectivity index (χ0v) is 44.3. The maximum absolute atomic E-state index is 12.9. The number of aliphatic hydroxyl groups excluding tert-OH is 1. The maximum atomic E-state index is 12.9. The van der Waals surface area contributed by atoms with E-state index in [0.717, 1.165) is 57.8 Å².